The summed E-state index contributed by atoms with van der Waals surface area (Å²) in [7, 11) is 0. The zero-order valence-corrected chi connectivity index (χ0v) is 7.12. The van der Waals surface area contributed by atoms with Gasteiger partial charge >= 0.3 is 0 Å². The first kappa shape index (κ1) is 9.48. The lowest BCUT2D eigenvalue weighted by molar-refractivity contribution is -0.129. The van der Waals surface area contributed by atoms with Gasteiger partial charge in [0.15, 0.2) is 0 Å². The summed E-state index contributed by atoms with van der Waals surface area (Å²) < 4.78 is 0. The molecule has 0 aromatic rings. The van der Waals surface area contributed by atoms with E-state index in [9.17, 15) is 9.90 Å². The predicted molar refractivity (Wildman–Crippen MR) is 45.5 cm³/mol. The van der Waals surface area contributed by atoms with Crippen LogP contribution in [0.2, 0.25) is 0 Å². The number of nitrogens with two attached hydrogens (primary N) is 1. The summed E-state index contributed by atoms with van der Waals surface area (Å²) in [5.41, 5.74) is 5.25. The Balaban J connectivity index is 2.11. The molecule has 0 aromatic carbocycles. The van der Waals surface area contributed by atoms with Crippen molar-refractivity contribution in [2.45, 2.75) is 37.8 Å². The Bertz CT molecular complexity index is 157. The van der Waals surface area contributed by atoms with Gasteiger partial charge in [-0.05, 0) is 32.2 Å². The zero-order valence-electron chi connectivity index (χ0n) is 7.12. The molecule has 4 nitrogen and oxygen atoms in total. The van der Waals surface area contributed by atoms with Gasteiger partial charge in [-0.1, -0.05) is 0 Å². The molecule has 70 valence electrons. The van der Waals surface area contributed by atoms with E-state index in [2.05, 4.69) is 5.32 Å². The standard InChI is InChI=1S/C8H16N2O2/c9-5-1-2-7(11)8(12)10-6-3-4-6/h6-7,11H,1-5,9H2,(H,10,12)/t7-/m0/s1. The first-order valence-electron chi connectivity index (χ1n) is 4.42. The van der Waals surface area contributed by atoms with Gasteiger partial charge in [-0.15, -0.1) is 0 Å². The SMILES string of the molecule is NCCC[C@H](O)C(=O)NC1CC1. The van der Waals surface area contributed by atoms with Gasteiger partial charge in [-0.25, -0.2) is 0 Å². The van der Waals surface area contributed by atoms with E-state index in [1.807, 2.05) is 0 Å². The van der Waals surface area contributed by atoms with Crippen LogP contribution in [0.1, 0.15) is 25.7 Å². The fourth-order valence-corrected chi connectivity index (χ4v) is 0.967. The molecular formula is C8H16N2O2. The average Bonchev–Trinajstić information content (AvgIpc) is 2.83. The van der Waals surface area contributed by atoms with Crippen molar-refractivity contribution in [1.29, 1.82) is 0 Å². The molecule has 1 amide bonds. The van der Waals surface area contributed by atoms with Gasteiger partial charge in [-0.3, -0.25) is 4.79 Å². The van der Waals surface area contributed by atoms with Gasteiger partial charge in [0, 0.05) is 6.04 Å². The Morgan fingerprint density at radius 2 is 2.33 bits per heavy atom. The number of hydrogen-bond acceptors (Lipinski definition) is 3. The van der Waals surface area contributed by atoms with Crippen LogP contribution < -0.4 is 11.1 Å². The zero-order chi connectivity index (χ0) is 8.97. The minimum absolute atomic E-state index is 0.244. The van der Waals surface area contributed by atoms with Crippen molar-refractivity contribution in [2.75, 3.05) is 6.54 Å². The predicted octanol–water partition coefficient (Wildman–Crippen LogP) is -0.635. The lowest BCUT2D eigenvalue weighted by Crippen LogP contribution is -2.36. The summed E-state index contributed by atoms with van der Waals surface area (Å²) in [6, 6.07) is 0.324. The molecule has 1 aliphatic rings. The molecule has 0 aromatic heterocycles. The molecule has 0 unspecified atom stereocenters. The number of rotatable bonds is 5. The van der Waals surface area contributed by atoms with Crippen molar-refractivity contribution in [3.63, 3.8) is 0 Å². The molecule has 1 saturated carbocycles. The van der Waals surface area contributed by atoms with Crippen LogP contribution in [0.4, 0.5) is 0 Å². The summed E-state index contributed by atoms with van der Waals surface area (Å²) in [6.45, 7) is 0.522. The fraction of sp³-hybridized carbons (Fsp3) is 0.875. The van der Waals surface area contributed by atoms with Crippen LogP contribution in [0.25, 0.3) is 0 Å². The summed E-state index contributed by atoms with van der Waals surface area (Å²) in [4.78, 5) is 11.1. The lowest BCUT2D eigenvalue weighted by atomic mass is 10.2. The summed E-state index contributed by atoms with van der Waals surface area (Å²) in [5, 5.41) is 12.0. The van der Waals surface area contributed by atoms with Crippen molar-refractivity contribution < 1.29 is 9.90 Å². The topological polar surface area (TPSA) is 75.3 Å². The molecule has 12 heavy (non-hydrogen) atoms. The highest BCUT2D eigenvalue weighted by molar-refractivity contribution is 5.80. The molecule has 4 heteroatoms. The van der Waals surface area contributed by atoms with Crippen molar-refractivity contribution >= 4 is 5.91 Å². The van der Waals surface area contributed by atoms with Crippen LogP contribution >= 0.6 is 0 Å². The van der Waals surface area contributed by atoms with Crippen LogP contribution in [-0.4, -0.2) is 29.7 Å². The summed E-state index contributed by atoms with van der Waals surface area (Å²) in [6.07, 6.45) is 2.40. The quantitative estimate of drug-likeness (QED) is 0.516. The second kappa shape index (κ2) is 4.42. The lowest BCUT2D eigenvalue weighted by Gasteiger charge is -2.09. The van der Waals surface area contributed by atoms with Crippen LogP contribution in [0.5, 0.6) is 0 Å². The highest BCUT2D eigenvalue weighted by Gasteiger charge is 2.25. The molecule has 0 heterocycles. The van der Waals surface area contributed by atoms with Gasteiger partial charge in [0.1, 0.15) is 6.10 Å². The van der Waals surface area contributed by atoms with Crippen molar-refractivity contribution in [1.82, 2.24) is 5.32 Å². The largest absolute Gasteiger partial charge is 0.383 e. The summed E-state index contributed by atoms with van der Waals surface area (Å²) in [5.74, 6) is -0.244. The van der Waals surface area contributed by atoms with E-state index >= 15 is 0 Å². The Morgan fingerprint density at radius 1 is 1.67 bits per heavy atom. The van der Waals surface area contributed by atoms with Crippen molar-refractivity contribution in [2.24, 2.45) is 5.73 Å². The maximum atomic E-state index is 11.1. The van der Waals surface area contributed by atoms with Gasteiger partial charge in [0.05, 0.1) is 0 Å². The first-order valence-corrected chi connectivity index (χ1v) is 4.42. The molecular weight excluding hydrogens is 156 g/mol. The smallest absolute Gasteiger partial charge is 0.249 e. The molecule has 1 atom stereocenters. The second-order valence-corrected chi connectivity index (χ2v) is 3.23. The Hall–Kier alpha value is -0.610. The fourth-order valence-electron chi connectivity index (χ4n) is 0.967. The Labute approximate surface area is 72.1 Å². The molecule has 0 saturated heterocycles. The van der Waals surface area contributed by atoms with Crippen molar-refractivity contribution in [3.05, 3.63) is 0 Å². The number of aliphatic hydroxyl groups excluding tert-OH is 1. The van der Waals surface area contributed by atoms with Gasteiger partial charge in [0.2, 0.25) is 5.91 Å². The van der Waals surface area contributed by atoms with Gasteiger partial charge in [-0.2, -0.15) is 0 Å². The average molecular weight is 172 g/mol. The van der Waals surface area contributed by atoms with Crippen LogP contribution in [0, 0.1) is 0 Å². The summed E-state index contributed by atoms with van der Waals surface area (Å²) >= 11 is 0. The highest BCUT2D eigenvalue weighted by Crippen LogP contribution is 2.18. The van der Waals surface area contributed by atoms with E-state index in [0.29, 0.717) is 25.4 Å². The molecule has 4 N–H and O–H groups in total. The molecule has 1 aliphatic carbocycles. The van der Waals surface area contributed by atoms with E-state index in [1.54, 1.807) is 0 Å². The molecule has 0 radical (unpaired) electrons. The van der Waals surface area contributed by atoms with E-state index in [-0.39, 0.29) is 5.91 Å². The van der Waals surface area contributed by atoms with Gasteiger partial charge in [0.25, 0.3) is 0 Å². The number of amides is 1. The monoisotopic (exact) mass is 172 g/mol. The number of carbonyl (C=O) groups is 1. The molecule has 1 rings (SSSR count). The molecule has 0 bridgehead atoms. The normalized spacial score (nSPS) is 18.8. The molecule has 1 fully saturated rings. The van der Waals surface area contributed by atoms with Crippen LogP contribution in [0.3, 0.4) is 0 Å². The third-order valence-electron chi connectivity index (χ3n) is 1.91. The van der Waals surface area contributed by atoms with E-state index < -0.39 is 6.10 Å². The first-order chi connectivity index (χ1) is 5.74. The highest BCUT2D eigenvalue weighted by atomic mass is 16.3. The van der Waals surface area contributed by atoms with E-state index in [4.69, 9.17) is 5.73 Å². The maximum Gasteiger partial charge on any atom is 0.249 e. The third kappa shape index (κ3) is 3.19. The number of nitrogens with one attached hydrogen (secondary N) is 1. The van der Waals surface area contributed by atoms with E-state index in [1.165, 1.54) is 0 Å². The molecule has 0 aliphatic heterocycles. The number of carbonyl (C=O) groups excluding carboxylic acids is 1. The Kier molecular flexibility index (Phi) is 3.49. The third-order valence-corrected chi connectivity index (χ3v) is 1.91. The second-order valence-electron chi connectivity index (χ2n) is 3.23. The van der Waals surface area contributed by atoms with Crippen LogP contribution in [-0.2, 0) is 4.79 Å². The van der Waals surface area contributed by atoms with E-state index in [0.717, 1.165) is 12.8 Å². The minimum atomic E-state index is -0.867. The van der Waals surface area contributed by atoms with Crippen LogP contribution in [0.15, 0.2) is 0 Å². The molecule has 0 spiro atoms. The number of aliphatic hydroxyl groups is 1. The number of hydrogen-bond donors (Lipinski definition) is 3. The Morgan fingerprint density at radius 3 is 2.83 bits per heavy atom. The van der Waals surface area contributed by atoms with Crippen molar-refractivity contribution in [3.8, 4) is 0 Å². The maximum absolute atomic E-state index is 11.1. The minimum Gasteiger partial charge on any atom is -0.383 e. The van der Waals surface area contributed by atoms with Gasteiger partial charge < -0.3 is 16.2 Å².